The summed E-state index contributed by atoms with van der Waals surface area (Å²) in [5.41, 5.74) is 1.36. The molecule has 2 nitrogen and oxygen atoms in total. The van der Waals surface area contributed by atoms with E-state index in [-0.39, 0.29) is 5.41 Å². The van der Waals surface area contributed by atoms with Gasteiger partial charge in [0.05, 0.1) is 0 Å². The van der Waals surface area contributed by atoms with Crippen molar-refractivity contribution in [1.29, 1.82) is 0 Å². The van der Waals surface area contributed by atoms with E-state index in [1.807, 2.05) is 19.1 Å². The summed E-state index contributed by atoms with van der Waals surface area (Å²) in [5.74, 6) is -0.573. The average Bonchev–Trinajstić information content (AvgIpc) is 2.26. The minimum atomic E-state index is -0.573. The zero-order chi connectivity index (χ0) is 12.2. The van der Waals surface area contributed by atoms with Crippen LogP contribution in [-0.4, -0.2) is 20.0 Å². The quantitative estimate of drug-likeness (QED) is 0.681. The Morgan fingerprint density at radius 2 is 1.88 bits per heavy atom. The molecule has 0 saturated carbocycles. The van der Waals surface area contributed by atoms with E-state index in [2.05, 4.69) is 32.1 Å². The number of rotatable bonds is 3. The van der Waals surface area contributed by atoms with Gasteiger partial charge in [0.25, 0.3) is 0 Å². The maximum absolute atomic E-state index is 5.46. The van der Waals surface area contributed by atoms with E-state index >= 15 is 0 Å². The zero-order valence-corrected chi connectivity index (χ0v) is 10.9. The van der Waals surface area contributed by atoms with Crippen LogP contribution in [0.3, 0.4) is 0 Å². The second-order valence-electron chi connectivity index (χ2n) is 4.76. The van der Waals surface area contributed by atoms with Crippen molar-refractivity contribution in [1.82, 2.24) is 0 Å². The lowest BCUT2D eigenvalue weighted by molar-refractivity contribution is -0.187. The first kappa shape index (κ1) is 13.2. The molecule has 0 N–H and O–H groups in total. The molecule has 0 heterocycles. The van der Waals surface area contributed by atoms with E-state index in [0.717, 1.165) is 6.42 Å². The van der Waals surface area contributed by atoms with E-state index in [9.17, 15) is 0 Å². The largest absolute Gasteiger partial charge is 0.350 e. The molecule has 0 aliphatic heterocycles. The highest BCUT2D eigenvalue weighted by Crippen LogP contribution is 2.42. The van der Waals surface area contributed by atoms with E-state index < -0.39 is 5.79 Å². The Hall–Kier alpha value is -0.860. The molecule has 0 radical (unpaired) electrons. The van der Waals surface area contributed by atoms with Gasteiger partial charge in [0, 0.05) is 20.6 Å². The maximum Gasteiger partial charge on any atom is 0.188 e. The lowest BCUT2D eigenvalue weighted by atomic mass is 9.74. The molecule has 2 heteroatoms. The van der Waals surface area contributed by atoms with Crippen LogP contribution in [0.2, 0.25) is 0 Å². The molecule has 90 valence electrons. The van der Waals surface area contributed by atoms with Gasteiger partial charge >= 0.3 is 0 Å². The number of allylic oxidation sites excluding steroid dienone is 5. The third-order valence-corrected chi connectivity index (χ3v) is 3.15. The Kier molecular flexibility index (Phi) is 4.11. The smallest absolute Gasteiger partial charge is 0.188 e. The number of hydrogen-bond donors (Lipinski definition) is 0. The van der Waals surface area contributed by atoms with Crippen molar-refractivity contribution in [3.8, 4) is 0 Å². The molecule has 0 unspecified atom stereocenters. The highest BCUT2D eigenvalue weighted by molar-refractivity contribution is 5.34. The van der Waals surface area contributed by atoms with Crippen LogP contribution in [-0.2, 0) is 9.47 Å². The topological polar surface area (TPSA) is 18.5 Å². The van der Waals surface area contributed by atoms with Gasteiger partial charge in [-0.25, -0.2) is 0 Å². The molecule has 0 bridgehead atoms. The minimum Gasteiger partial charge on any atom is -0.350 e. The fourth-order valence-electron chi connectivity index (χ4n) is 2.06. The number of hydrogen-bond acceptors (Lipinski definition) is 2. The van der Waals surface area contributed by atoms with Crippen LogP contribution in [0.15, 0.2) is 36.0 Å². The van der Waals surface area contributed by atoms with Gasteiger partial charge in [-0.15, -0.1) is 0 Å². The Morgan fingerprint density at radius 1 is 1.25 bits per heavy atom. The first-order valence-corrected chi connectivity index (χ1v) is 5.63. The van der Waals surface area contributed by atoms with Gasteiger partial charge in [-0.3, -0.25) is 0 Å². The van der Waals surface area contributed by atoms with Gasteiger partial charge in [0.2, 0.25) is 0 Å². The van der Waals surface area contributed by atoms with Crippen LogP contribution in [0.1, 0.15) is 27.2 Å². The SMILES string of the molecule is C/C=C/C=C1\C=CC(OC)(OC)CC1(C)C. The van der Waals surface area contributed by atoms with Crippen molar-refractivity contribution < 1.29 is 9.47 Å². The molecule has 0 fully saturated rings. The average molecular weight is 222 g/mol. The third kappa shape index (κ3) is 2.63. The summed E-state index contributed by atoms with van der Waals surface area (Å²) in [4.78, 5) is 0. The van der Waals surface area contributed by atoms with Crippen LogP contribution in [0.4, 0.5) is 0 Å². The molecular formula is C14H22O2. The second kappa shape index (κ2) is 4.98. The molecule has 1 aliphatic rings. The summed E-state index contributed by atoms with van der Waals surface area (Å²) in [6.07, 6.45) is 11.2. The standard InChI is InChI=1S/C14H22O2/c1-6-7-8-12-9-10-14(15-4,16-5)11-13(12,2)3/h6-10H,11H2,1-5H3/b7-6+,12-8+. The van der Waals surface area contributed by atoms with E-state index in [0.29, 0.717) is 0 Å². The van der Waals surface area contributed by atoms with Crippen LogP contribution in [0.5, 0.6) is 0 Å². The summed E-state index contributed by atoms with van der Waals surface area (Å²) in [6.45, 7) is 6.43. The Bertz CT molecular complexity index is 318. The monoisotopic (exact) mass is 222 g/mol. The van der Waals surface area contributed by atoms with Gasteiger partial charge in [-0.2, -0.15) is 0 Å². The predicted molar refractivity (Wildman–Crippen MR) is 67.2 cm³/mol. The molecule has 1 rings (SSSR count). The van der Waals surface area contributed by atoms with Crippen molar-refractivity contribution >= 4 is 0 Å². The second-order valence-corrected chi connectivity index (χ2v) is 4.76. The van der Waals surface area contributed by atoms with E-state index in [1.54, 1.807) is 14.2 Å². The molecule has 16 heavy (non-hydrogen) atoms. The van der Waals surface area contributed by atoms with Gasteiger partial charge < -0.3 is 9.47 Å². The third-order valence-electron chi connectivity index (χ3n) is 3.15. The highest BCUT2D eigenvalue weighted by atomic mass is 16.7. The predicted octanol–water partition coefficient (Wildman–Crippen LogP) is 3.46. The first-order valence-electron chi connectivity index (χ1n) is 5.63. The fourth-order valence-corrected chi connectivity index (χ4v) is 2.06. The van der Waals surface area contributed by atoms with Gasteiger partial charge in [0.15, 0.2) is 5.79 Å². The van der Waals surface area contributed by atoms with Crippen molar-refractivity contribution in [2.45, 2.75) is 33.0 Å². The molecular weight excluding hydrogens is 200 g/mol. The molecule has 0 aromatic rings. The van der Waals surface area contributed by atoms with E-state index in [1.165, 1.54) is 5.57 Å². The van der Waals surface area contributed by atoms with E-state index in [4.69, 9.17) is 9.47 Å². The summed E-state index contributed by atoms with van der Waals surface area (Å²) in [5, 5.41) is 0. The van der Waals surface area contributed by atoms with Gasteiger partial charge in [0.1, 0.15) is 0 Å². The summed E-state index contributed by atoms with van der Waals surface area (Å²) >= 11 is 0. The molecule has 0 amide bonds. The van der Waals surface area contributed by atoms with Crippen LogP contribution < -0.4 is 0 Å². The van der Waals surface area contributed by atoms with Crippen LogP contribution in [0.25, 0.3) is 0 Å². The van der Waals surface area contributed by atoms with Crippen molar-refractivity contribution in [3.63, 3.8) is 0 Å². The van der Waals surface area contributed by atoms with Crippen LogP contribution in [0, 0.1) is 5.41 Å². The Labute approximate surface area is 98.6 Å². The van der Waals surface area contributed by atoms with Crippen LogP contribution >= 0.6 is 0 Å². The molecule has 0 saturated heterocycles. The Morgan fingerprint density at radius 3 is 2.31 bits per heavy atom. The van der Waals surface area contributed by atoms with Crippen molar-refractivity contribution in [3.05, 3.63) is 36.0 Å². The van der Waals surface area contributed by atoms with Crippen molar-refractivity contribution in [2.24, 2.45) is 5.41 Å². The normalized spacial score (nSPS) is 25.4. The zero-order valence-electron chi connectivity index (χ0n) is 10.9. The highest BCUT2D eigenvalue weighted by Gasteiger charge is 2.39. The van der Waals surface area contributed by atoms with Crippen molar-refractivity contribution in [2.75, 3.05) is 14.2 Å². The molecule has 0 aromatic heterocycles. The van der Waals surface area contributed by atoms with Gasteiger partial charge in [-0.1, -0.05) is 38.2 Å². The lowest BCUT2D eigenvalue weighted by Crippen LogP contribution is -2.40. The summed E-state index contributed by atoms with van der Waals surface area (Å²) in [7, 11) is 3.37. The molecule has 0 spiro atoms. The molecule has 0 atom stereocenters. The first-order chi connectivity index (χ1) is 7.49. The lowest BCUT2D eigenvalue weighted by Gasteiger charge is -2.40. The number of methoxy groups -OCH3 is 2. The molecule has 0 aromatic carbocycles. The minimum absolute atomic E-state index is 0.0558. The fraction of sp³-hybridized carbons (Fsp3) is 0.571. The summed E-state index contributed by atoms with van der Waals surface area (Å²) in [6, 6.07) is 0. The maximum atomic E-state index is 5.46. The summed E-state index contributed by atoms with van der Waals surface area (Å²) < 4.78 is 10.9. The Balaban J connectivity index is 3.04. The molecule has 1 aliphatic carbocycles. The number of ether oxygens (including phenoxy) is 2. The van der Waals surface area contributed by atoms with Gasteiger partial charge in [-0.05, 0) is 24.0 Å².